The van der Waals surface area contributed by atoms with Crippen molar-refractivity contribution in [1.82, 2.24) is 0 Å². The van der Waals surface area contributed by atoms with Crippen molar-refractivity contribution >= 4 is 0 Å². The van der Waals surface area contributed by atoms with Crippen LogP contribution in [0, 0.1) is 45.8 Å². The molecule has 6 aliphatic rings. The minimum Gasteiger partial charge on any atom is -0.373 e. The molecule has 6 fully saturated rings. The average molecular weight is 619 g/mol. The first-order chi connectivity index (χ1) is 18.4. The lowest BCUT2D eigenvalue weighted by molar-refractivity contribution is -0.423. The molecule has 0 aromatic rings. The van der Waals surface area contributed by atoms with Gasteiger partial charge in [0, 0.05) is 10.8 Å². The van der Waals surface area contributed by atoms with Crippen molar-refractivity contribution in [2.24, 2.45) is 45.8 Å². The molecule has 6 aliphatic carbocycles. The molecule has 41 heavy (non-hydrogen) atoms. The molecule has 5 unspecified atom stereocenters. The van der Waals surface area contributed by atoms with E-state index in [0.29, 0.717) is 19.3 Å². The van der Waals surface area contributed by atoms with Crippen molar-refractivity contribution in [2.45, 2.75) is 120 Å². The van der Waals surface area contributed by atoms with E-state index < -0.39 is 120 Å². The summed E-state index contributed by atoms with van der Waals surface area (Å²) in [5.74, 6) is -2.91. The molecule has 2 nitrogen and oxygen atoms in total. The van der Waals surface area contributed by atoms with E-state index in [9.17, 15) is 62.9 Å². The van der Waals surface area contributed by atoms with Crippen LogP contribution in [0.5, 0.6) is 0 Å². The van der Waals surface area contributed by atoms with Crippen LogP contribution in [0.25, 0.3) is 0 Å². The Kier molecular flexibility index (Phi) is 6.79. The molecule has 0 aromatic heterocycles. The van der Waals surface area contributed by atoms with Crippen molar-refractivity contribution in [3.63, 3.8) is 0 Å². The fraction of sp³-hybridized carbons (Fsp3) is 1.00. The van der Waals surface area contributed by atoms with Crippen molar-refractivity contribution in [2.75, 3.05) is 0 Å². The highest BCUT2D eigenvalue weighted by Gasteiger charge is 2.83. The molecule has 6 atom stereocenters. The molecule has 0 saturated heterocycles. The Hall–Kier alpha value is -0.920. The van der Waals surface area contributed by atoms with Gasteiger partial charge in [0.15, 0.2) is 0 Å². The summed E-state index contributed by atoms with van der Waals surface area (Å²) in [7, 11) is 0. The molecule has 0 amide bonds. The largest absolute Gasteiger partial charge is 0.426 e. The van der Waals surface area contributed by atoms with Gasteiger partial charge < -0.3 is 10.2 Å². The number of rotatable bonds is 4. The average Bonchev–Trinajstić information content (AvgIpc) is 2.78. The summed E-state index contributed by atoms with van der Waals surface area (Å²) in [6.07, 6.45) is -25.7. The van der Waals surface area contributed by atoms with Crippen molar-refractivity contribution in [1.29, 1.82) is 0 Å². The second-order valence-electron chi connectivity index (χ2n) is 14.2. The van der Waals surface area contributed by atoms with Gasteiger partial charge in [-0.05, 0) is 112 Å². The van der Waals surface area contributed by atoms with Crippen LogP contribution in [0.3, 0.4) is 0 Å². The first-order valence-electron chi connectivity index (χ1n) is 14.1. The first-order valence-corrected chi connectivity index (χ1v) is 14.1. The molecule has 0 heterocycles. The van der Waals surface area contributed by atoms with E-state index in [1.165, 1.54) is 6.92 Å². The molecule has 0 aliphatic heterocycles. The van der Waals surface area contributed by atoms with Crippen LogP contribution in [-0.4, -0.2) is 46.1 Å². The second kappa shape index (κ2) is 8.84. The highest BCUT2D eigenvalue weighted by atomic mass is 19.4. The number of hydrogen-bond donors (Lipinski definition) is 2. The van der Waals surface area contributed by atoms with Gasteiger partial charge in [0.2, 0.25) is 0 Å². The number of aliphatic hydroxyl groups is 2. The van der Waals surface area contributed by atoms with Crippen LogP contribution in [0.4, 0.5) is 52.7 Å². The molecular weight excluding hydrogens is 584 g/mol. The van der Waals surface area contributed by atoms with E-state index in [0.717, 1.165) is 0 Å². The zero-order valence-corrected chi connectivity index (χ0v) is 22.3. The van der Waals surface area contributed by atoms with Crippen molar-refractivity contribution < 1.29 is 62.9 Å². The number of alkyl halides is 12. The van der Waals surface area contributed by atoms with Crippen LogP contribution in [-0.2, 0) is 0 Å². The number of hydrogen-bond acceptors (Lipinski definition) is 2. The van der Waals surface area contributed by atoms with Gasteiger partial charge in [0.05, 0.1) is 0 Å². The normalized spacial score (nSPS) is 42.1. The monoisotopic (exact) mass is 618 g/mol. The van der Waals surface area contributed by atoms with Crippen LogP contribution in [0.1, 0.15) is 84.0 Å². The van der Waals surface area contributed by atoms with Crippen LogP contribution >= 0.6 is 0 Å². The predicted molar refractivity (Wildman–Crippen MR) is 120 cm³/mol. The molecule has 0 spiro atoms. The van der Waals surface area contributed by atoms with E-state index in [1.54, 1.807) is 0 Å². The van der Waals surface area contributed by atoms with Gasteiger partial charge in [-0.2, -0.15) is 52.7 Å². The van der Waals surface area contributed by atoms with E-state index in [4.69, 9.17) is 0 Å². The molecule has 0 radical (unpaired) electrons. The van der Waals surface area contributed by atoms with E-state index in [2.05, 4.69) is 0 Å². The van der Waals surface area contributed by atoms with E-state index in [-0.39, 0.29) is 19.3 Å². The predicted octanol–water partition coefficient (Wildman–Crippen LogP) is 8.51. The van der Waals surface area contributed by atoms with Gasteiger partial charge in [-0.3, -0.25) is 0 Å². The first kappa shape index (κ1) is 31.5. The third kappa shape index (κ3) is 4.13. The van der Waals surface area contributed by atoms with Crippen LogP contribution in [0.15, 0.2) is 0 Å². The third-order valence-electron chi connectivity index (χ3n) is 12.1. The van der Waals surface area contributed by atoms with Crippen LogP contribution < -0.4 is 0 Å². The molecule has 0 aromatic carbocycles. The Bertz CT molecular complexity index is 969. The zero-order chi connectivity index (χ0) is 30.9. The minimum absolute atomic E-state index is 0.0655. The maximum Gasteiger partial charge on any atom is 0.426 e. The SMILES string of the molecule is CCC1(C(O)(C(F)(F)F)C(F)(F)F)CC2CC(CC(C34CC5C[C@H](C3)CC(C(O)(C(F)(F)F)C(F)(F)F)(C5)C4)C2)C1. The Morgan fingerprint density at radius 1 is 0.537 bits per heavy atom. The second-order valence-corrected chi connectivity index (χ2v) is 14.2. The summed E-state index contributed by atoms with van der Waals surface area (Å²) in [6.45, 7) is 1.17. The highest BCUT2D eigenvalue weighted by molar-refractivity contribution is 5.20. The van der Waals surface area contributed by atoms with Gasteiger partial charge in [-0.15, -0.1) is 0 Å². The molecule has 14 heteroatoms. The lowest BCUT2D eigenvalue weighted by atomic mass is 9.37. The van der Waals surface area contributed by atoms with Gasteiger partial charge >= 0.3 is 24.7 Å². The lowest BCUT2D eigenvalue weighted by Gasteiger charge is -2.68. The summed E-state index contributed by atoms with van der Waals surface area (Å²) in [5, 5.41) is 21.0. The van der Waals surface area contributed by atoms with Gasteiger partial charge in [-0.1, -0.05) is 6.92 Å². The number of fused-ring (bicyclic) bond motifs is 2. The van der Waals surface area contributed by atoms with Gasteiger partial charge in [0.1, 0.15) is 0 Å². The Balaban J connectivity index is 1.49. The third-order valence-corrected chi connectivity index (χ3v) is 12.1. The van der Waals surface area contributed by atoms with E-state index in [1.807, 2.05) is 0 Å². The Labute approximate surface area is 229 Å². The molecule has 6 saturated carbocycles. The number of halogens is 12. The van der Waals surface area contributed by atoms with Crippen LogP contribution in [0.2, 0.25) is 0 Å². The zero-order valence-electron chi connectivity index (χ0n) is 22.3. The molecule has 6 rings (SSSR count). The standard InChI is InChI=1S/C27H34F12O2/c1-2-20(22(40,24(28,29)30)25(31,32)33)9-14-3-15(10-20)6-18(5-14)19-7-16-4-17(8-19)12-21(11-16,13-19)23(41,26(34,35)36)27(37,38)39/h14-18,40-41H,2-13H2,1H3/t14?,15?,16-,17?,18?,19?,20?,21?/m1/s1. The summed E-state index contributed by atoms with van der Waals surface area (Å²) in [4.78, 5) is 0. The summed E-state index contributed by atoms with van der Waals surface area (Å²) in [5.41, 5.74) is -16.0. The Morgan fingerprint density at radius 3 is 1.29 bits per heavy atom. The summed E-state index contributed by atoms with van der Waals surface area (Å²) < 4.78 is 168. The maximum atomic E-state index is 14.1. The molecule has 2 N–H and O–H groups in total. The highest BCUT2D eigenvalue weighted by Crippen LogP contribution is 2.75. The Morgan fingerprint density at radius 2 is 0.927 bits per heavy atom. The maximum absolute atomic E-state index is 14.1. The van der Waals surface area contributed by atoms with E-state index >= 15 is 0 Å². The molecule has 6 bridgehead atoms. The fourth-order valence-corrected chi connectivity index (χ4v) is 11.2. The lowest BCUT2D eigenvalue weighted by Crippen LogP contribution is -2.73. The fourth-order valence-electron chi connectivity index (χ4n) is 11.2. The summed E-state index contributed by atoms with van der Waals surface area (Å²) in [6, 6.07) is 0. The smallest absolute Gasteiger partial charge is 0.373 e. The topological polar surface area (TPSA) is 40.5 Å². The van der Waals surface area contributed by atoms with Crippen molar-refractivity contribution in [3.05, 3.63) is 0 Å². The quantitative estimate of drug-likeness (QED) is 0.310. The molecular formula is C27H34F12O2. The van der Waals surface area contributed by atoms with Gasteiger partial charge in [-0.25, -0.2) is 0 Å². The van der Waals surface area contributed by atoms with Gasteiger partial charge in [0.25, 0.3) is 11.2 Å². The van der Waals surface area contributed by atoms with Crippen molar-refractivity contribution in [3.8, 4) is 0 Å². The molecule has 238 valence electrons. The summed E-state index contributed by atoms with van der Waals surface area (Å²) >= 11 is 0. The minimum atomic E-state index is -6.00.